The summed E-state index contributed by atoms with van der Waals surface area (Å²) in [7, 11) is 0. The highest BCUT2D eigenvalue weighted by Crippen LogP contribution is 2.48. The topological polar surface area (TPSA) is 97.3 Å². The van der Waals surface area contributed by atoms with Gasteiger partial charge < -0.3 is 24.6 Å². The number of para-hydroxylation sites is 1. The van der Waals surface area contributed by atoms with Gasteiger partial charge in [-0.05, 0) is 55.5 Å². The van der Waals surface area contributed by atoms with Crippen LogP contribution in [0.3, 0.4) is 0 Å². The monoisotopic (exact) mass is 576 g/mol. The second-order valence-corrected chi connectivity index (χ2v) is 11.2. The molecule has 0 radical (unpaired) electrons. The number of aromatic hydroxyl groups is 1. The number of hydrogen-bond donors (Lipinski definition) is 2. The number of phenolic OH excluding ortho intramolecular Hbond substituents is 1. The first-order valence-corrected chi connectivity index (χ1v) is 13.9. The number of ether oxygens (including phenoxy) is 3. The Morgan fingerprint density at radius 3 is 2.50 bits per heavy atom. The van der Waals surface area contributed by atoms with Crippen molar-refractivity contribution in [2.75, 3.05) is 10.2 Å². The standard InChI is InChI=1S/C33H37FN2O6/c1-6-33(4,5)18-26-31(41-20-37)30(24-16-15-23(17-25(24)34)40-19-22-11-8-7-9-12-22)36(32(39)42-21(2)3)27-13-10-14-28(38)29(27)35-26/h7-17,20-21,30,35,38H,6,18-19H2,1-5H3. The number of allylic oxidation sites excluding steroid dienone is 1. The number of rotatable bonds is 10. The van der Waals surface area contributed by atoms with Crippen LogP contribution in [-0.2, 0) is 20.9 Å². The molecule has 1 unspecified atom stereocenters. The Bertz CT molecular complexity index is 1450. The molecule has 1 aliphatic rings. The summed E-state index contributed by atoms with van der Waals surface area (Å²) < 4.78 is 33.1. The quantitative estimate of drug-likeness (QED) is 0.187. The van der Waals surface area contributed by atoms with Crippen molar-refractivity contribution < 1.29 is 33.3 Å². The molecule has 2 N–H and O–H groups in total. The highest BCUT2D eigenvalue weighted by molar-refractivity contribution is 5.96. The van der Waals surface area contributed by atoms with Crippen molar-refractivity contribution in [3.05, 3.63) is 95.1 Å². The van der Waals surface area contributed by atoms with Gasteiger partial charge in [-0.15, -0.1) is 0 Å². The Morgan fingerprint density at radius 2 is 1.86 bits per heavy atom. The van der Waals surface area contributed by atoms with Crippen molar-refractivity contribution in [1.29, 1.82) is 0 Å². The van der Waals surface area contributed by atoms with Crippen LogP contribution in [0.1, 0.15) is 64.6 Å². The molecule has 222 valence electrons. The van der Waals surface area contributed by atoms with Crippen LogP contribution in [-0.4, -0.2) is 23.8 Å². The first-order chi connectivity index (χ1) is 20.0. The van der Waals surface area contributed by atoms with Crippen LogP contribution in [0.4, 0.5) is 20.6 Å². The van der Waals surface area contributed by atoms with Gasteiger partial charge in [0.05, 0.1) is 17.5 Å². The number of anilines is 2. The summed E-state index contributed by atoms with van der Waals surface area (Å²) in [5.74, 6) is -0.523. The van der Waals surface area contributed by atoms with Gasteiger partial charge >= 0.3 is 6.09 Å². The van der Waals surface area contributed by atoms with E-state index in [2.05, 4.69) is 5.32 Å². The molecule has 42 heavy (non-hydrogen) atoms. The summed E-state index contributed by atoms with van der Waals surface area (Å²) in [6.45, 7) is 9.98. The second kappa shape index (κ2) is 13.0. The molecule has 1 atom stereocenters. The smallest absolute Gasteiger partial charge is 0.415 e. The van der Waals surface area contributed by atoms with E-state index < -0.39 is 24.1 Å². The number of nitrogens with zero attached hydrogens (tertiary/aromatic N) is 1. The van der Waals surface area contributed by atoms with Crippen LogP contribution in [0.5, 0.6) is 11.5 Å². The molecule has 0 saturated heterocycles. The molecule has 1 heterocycles. The molecular weight excluding hydrogens is 539 g/mol. The predicted octanol–water partition coefficient (Wildman–Crippen LogP) is 7.84. The maximum atomic E-state index is 16.1. The maximum absolute atomic E-state index is 16.1. The number of carbonyl (C=O) groups excluding carboxylic acids is 2. The van der Waals surface area contributed by atoms with Gasteiger partial charge in [-0.3, -0.25) is 9.69 Å². The van der Waals surface area contributed by atoms with Crippen LogP contribution < -0.4 is 15.0 Å². The highest BCUT2D eigenvalue weighted by Gasteiger charge is 2.41. The lowest BCUT2D eigenvalue weighted by Crippen LogP contribution is -2.38. The van der Waals surface area contributed by atoms with Crippen molar-refractivity contribution in [1.82, 2.24) is 0 Å². The Kier molecular flexibility index (Phi) is 9.40. The van der Waals surface area contributed by atoms with E-state index in [0.717, 1.165) is 12.0 Å². The van der Waals surface area contributed by atoms with Crippen LogP contribution in [0.25, 0.3) is 0 Å². The summed E-state index contributed by atoms with van der Waals surface area (Å²) in [6.07, 6.45) is -0.183. The van der Waals surface area contributed by atoms with Crippen LogP contribution in [0.15, 0.2) is 78.2 Å². The third-order valence-electron chi connectivity index (χ3n) is 7.20. The first kappa shape index (κ1) is 30.4. The number of nitrogens with one attached hydrogen (secondary N) is 1. The molecule has 0 spiro atoms. The molecular formula is C33H37FN2O6. The molecule has 3 aromatic rings. The van der Waals surface area contributed by atoms with E-state index in [1.807, 2.05) is 51.1 Å². The minimum Gasteiger partial charge on any atom is -0.506 e. The highest BCUT2D eigenvalue weighted by atomic mass is 19.1. The van der Waals surface area contributed by atoms with Crippen LogP contribution >= 0.6 is 0 Å². The zero-order chi connectivity index (χ0) is 30.4. The minimum absolute atomic E-state index is 0.0136. The lowest BCUT2D eigenvalue weighted by molar-refractivity contribution is -0.125. The van der Waals surface area contributed by atoms with E-state index in [0.29, 0.717) is 12.1 Å². The summed E-state index contributed by atoms with van der Waals surface area (Å²) >= 11 is 0. The van der Waals surface area contributed by atoms with Gasteiger partial charge in [0.15, 0.2) is 5.76 Å². The fourth-order valence-corrected chi connectivity index (χ4v) is 4.72. The molecule has 4 rings (SSSR count). The van der Waals surface area contributed by atoms with Gasteiger partial charge in [-0.2, -0.15) is 0 Å². The summed E-state index contributed by atoms with van der Waals surface area (Å²) in [6, 6.07) is 17.2. The van der Waals surface area contributed by atoms with Crippen molar-refractivity contribution in [3.63, 3.8) is 0 Å². The summed E-state index contributed by atoms with van der Waals surface area (Å²) in [5, 5.41) is 14.1. The normalized spacial score (nSPS) is 15.0. The summed E-state index contributed by atoms with van der Waals surface area (Å²) in [5.41, 5.74) is 1.54. The Morgan fingerprint density at radius 1 is 1.12 bits per heavy atom. The summed E-state index contributed by atoms with van der Waals surface area (Å²) in [4.78, 5) is 26.9. The number of phenols is 1. The van der Waals surface area contributed by atoms with Crippen LogP contribution in [0.2, 0.25) is 0 Å². The Hall–Kier alpha value is -4.53. The Labute approximate surface area is 245 Å². The third-order valence-corrected chi connectivity index (χ3v) is 7.20. The molecule has 3 aromatic carbocycles. The van der Waals surface area contributed by atoms with E-state index in [9.17, 15) is 14.7 Å². The van der Waals surface area contributed by atoms with Gasteiger partial charge in [0, 0.05) is 11.6 Å². The zero-order valence-corrected chi connectivity index (χ0v) is 24.5. The van der Waals surface area contributed by atoms with Crippen molar-refractivity contribution >= 4 is 23.9 Å². The van der Waals surface area contributed by atoms with E-state index in [-0.39, 0.29) is 52.7 Å². The molecule has 0 fully saturated rings. The molecule has 9 heteroatoms. The third kappa shape index (κ3) is 6.84. The average molecular weight is 577 g/mol. The number of fused-ring (bicyclic) bond motifs is 1. The lowest BCUT2D eigenvalue weighted by atomic mass is 9.84. The molecule has 1 amide bonds. The van der Waals surface area contributed by atoms with Crippen molar-refractivity contribution in [3.8, 4) is 11.5 Å². The van der Waals surface area contributed by atoms with Gasteiger partial charge in [-0.1, -0.05) is 63.6 Å². The van der Waals surface area contributed by atoms with E-state index in [1.165, 1.54) is 23.1 Å². The predicted molar refractivity (Wildman–Crippen MR) is 159 cm³/mol. The fraction of sp³-hybridized carbons (Fsp3) is 0.333. The number of carbonyl (C=O) groups is 2. The van der Waals surface area contributed by atoms with Gasteiger partial charge in [0.2, 0.25) is 0 Å². The van der Waals surface area contributed by atoms with E-state index >= 15 is 4.39 Å². The number of benzene rings is 3. The lowest BCUT2D eigenvalue weighted by Gasteiger charge is -2.32. The molecule has 1 aliphatic heterocycles. The number of halogens is 1. The first-order valence-electron chi connectivity index (χ1n) is 13.9. The second-order valence-electron chi connectivity index (χ2n) is 11.2. The maximum Gasteiger partial charge on any atom is 0.415 e. The molecule has 8 nitrogen and oxygen atoms in total. The van der Waals surface area contributed by atoms with Crippen molar-refractivity contribution in [2.24, 2.45) is 5.41 Å². The van der Waals surface area contributed by atoms with Crippen LogP contribution in [0, 0.1) is 11.2 Å². The molecule has 0 bridgehead atoms. The Balaban J connectivity index is 1.91. The van der Waals surface area contributed by atoms with Gasteiger partial charge in [0.1, 0.15) is 35.7 Å². The number of amides is 1. The zero-order valence-electron chi connectivity index (χ0n) is 24.5. The van der Waals surface area contributed by atoms with Gasteiger partial charge in [-0.25, -0.2) is 9.18 Å². The van der Waals surface area contributed by atoms with E-state index in [4.69, 9.17) is 14.2 Å². The fourth-order valence-electron chi connectivity index (χ4n) is 4.72. The number of hydrogen-bond acceptors (Lipinski definition) is 7. The molecule has 0 saturated carbocycles. The average Bonchev–Trinajstić information content (AvgIpc) is 3.07. The van der Waals surface area contributed by atoms with Gasteiger partial charge in [0.25, 0.3) is 6.47 Å². The molecule has 0 aromatic heterocycles. The largest absolute Gasteiger partial charge is 0.506 e. The minimum atomic E-state index is -1.26. The van der Waals surface area contributed by atoms with E-state index in [1.54, 1.807) is 32.0 Å². The SMILES string of the molecule is CCC(C)(C)CC1=C(OC=O)C(c2ccc(OCc3ccccc3)cc2F)N(C(=O)OC(C)C)c2cccc(O)c2N1. The molecule has 0 aliphatic carbocycles. The van der Waals surface area contributed by atoms with Crippen molar-refractivity contribution in [2.45, 2.75) is 66.2 Å².